The van der Waals surface area contributed by atoms with Gasteiger partial charge in [0.2, 0.25) is 11.4 Å². The van der Waals surface area contributed by atoms with E-state index in [1.165, 1.54) is 32.4 Å². The molecule has 4 aliphatic rings. The van der Waals surface area contributed by atoms with Crippen molar-refractivity contribution < 1.29 is 34.0 Å². The summed E-state index contributed by atoms with van der Waals surface area (Å²) in [7, 11) is 3.01. The maximum Gasteiger partial charge on any atom is 0.321 e. The third-order valence-corrected chi connectivity index (χ3v) is 12.5. The first kappa shape index (κ1) is 36.8. The number of rotatable bonds is 8. The number of hydrogen-bond donors (Lipinski definition) is 1. The second-order valence-corrected chi connectivity index (χ2v) is 16.2. The molecule has 2 spiro atoms. The summed E-state index contributed by atoms with van der Waals surface area (Å²) in [6.45, 7) is 9.68. The van der Waals surface area contributed by atoms with Gasteiger partial charge in [-0.3, -0.25) is 10.1 Å². The molecule has 12 heteroatoms. The predicted molar refractivity (Wildman–Crippen MR) is 220 cm³/mol. The molecule has 4 heterocycles. The van der Waals surface area contributed by atoms with E-state index in [-0.39, 0.29) is 16.3 Å². The zero-order valence-corrected chi connectivity index (χ0v) is 33.1. The first-order valence-corrected chi connectivity index (χ1v) is 19.1. The first-order valence-electron chi connectivity index (χ1n) is 19.1. The molecule has 9 rings (SSSR count). The molecule has 2 unspecified atom stereocenters. The molecule has 2 atom stereocenters. The first-order chi connectivity index (χ1) is 27.7. The van der Waals surface area contributed by atoms with Crippen molar-refractivity contribution in [3.05, 3.63) is 158 Å². The van der Waals surface area contributed by atoms with Crippen molar-refractivity contribution in [3.8, 4) is 23.0 Å². The second-order valence-electron chi connectivity index (χ2n) is 16.2. The maximum atomic E-state index is 11.8. The van der Waals surface area contributed by atoms with Crippen LogP contribution >= 0.6 is 0 Å². The van der Waals surface area contributed by atoms with E-state index in [1.54, 1.807) is 6.07 Å². The molecule has 0 aliphatic carbocycles. The third-order valence-electron chi connectivity index (χ3n) is 12.5. The van der Waals surface area contributed by atoms with Gasteiger partial charge in [0.15, 0.2) is 23.0 Å². The van der Waals surface area contributed by atoms with Crippen molar-refractivity contribution >= 4 is 34.9 Å². The summed E-state index contributed by atoms with van der Waals surface area (Å²) in [5.74, 6) is 1.58. The van der Waals surface area contributed by atoms with E-state index in [0.29, 0.717) is 47.2 Å². The fraction of sp³-hybridized carbons (Fsp3) is 0.261. The van der Waals surface area contributed by atoms with Crippen LogP contribution in [0.2, 0.25) is 0 Å². The Morgan fingerprint density at radius 3 is 1.47 bits per heavy atom. The van der Waals surface area contributed by atoms with Gasteiger partial charge in [0.25, 0.3) is 10.6 Å². The summed E-state index contributed by atoms with van der Waals surface area (Å²) in [4.78, 5) is 27.5. The number of methoxy groups -OCH3 is 2. The molecule has 0 aromatic heterocycles. The molecule has 4 aliphatic heterocycles. The summed E-state index contributed by atoms with van der Waals surface area (Å²) in [6, 6.07) is 31.2. The van der Waals surface area contributed by atoms with Gasteiger partial charge in [-0.15, -0.1) is 0 Å². The fourth-order valence-corrected chi connectivity index (χ4v) is 9.36. The largest absolute Gasteiger partial charge is 0.493 e. The van der Waals surface area contributed by atoms with Gasteiger partial charge < -0.3 is 28.7 Å². The number of non-ortho nitro benzene ring substituents is 1. The molecule has 0 saturated carbocycles. The normalized spacial score (nSPS) is 21.1. The number of ether oxygens (including phenoxy) is 4. The Kier molecular flexibility index (Phi) is 8.15. The lowest BCUT2D eigenvalue weighted by atomic mass is 9.76. The van der Waals surface area contributed by atoms with E-state index < -0.39 is 27.2 Å². The van der Waals surface area contributed by atoms with Crippen LogP contribution in [-0.4, -0.2) is 40.7 Å². The van der Waals surface area contributed by atoms with Gasteiger partial charge >= 0.3 is 5.69 Å². The van der Waals surface area contributed by atoms with E-state index in [2.05, 4.69) is 86.0 Å². The predicted octanol–water partition coefficient (Wildman–Crippen LogP) is 9.61. The highest BCUT2D eigenvalue weighted by atomic mass is 16.6. The Morgan fingerprint density at radius 2 is 1.05 bits per heavy atom. The summed E-state index contributed by atoms with van der Waals surface area (Å²) in [6.07, 6.45) is 7.89. The van der Waals surface area contributed by atoms with Crippen molar-refractivity contribution in [1.82, 2.24) is 0 Å². The van der Waals surface area contributed by atoms with E-state index in [0.717, 1.165) is 33.6 Å². The molecular weight excluding hydrogens is 737 g/mol. The highest BCUT2D eigenvalue weighted by Gasteiger charge is 2.60. The number of anilines is 2. The number of nitro groups is 1. The topological polar surface area (TPSA) is 127 Å². The SMILES string of the molecule is COc1cc([N+](=O)[O-])cc2c1OC1(C=C2)N(Cc2ccc(CN3c4ccccc4C(C)(C)C34C=Cc3cc([N+](=O)O)cc(OC)c3O4)cc2)c2ccccc2C1(C)C. The zero-order chi connectivity index (χ0) is 40.8. The highest BCUT2D eigenvalue weighted by Crippen LogP contribution is 2.58. The van der Waals surface area contributed by atoms with Crippen LogP contribution in [0, 0.1) is 15.0 Å². The lowest BCUT2D eigenvalue weighted by Gasteiger charge is -2.47. The standard InChI is InChI=1S/C46H43N4O8/c1-43(2)35-11-7-9-13-37(35)47(45(43)21-19-31-23-33(49(51)52)25-39(55-5)41(31)57-45)27-29-15-17-30(18-16-29)28-48-38-14-10-8-12-36(38)44(3,4)46(48)22-20-32-24-34(50(53)54)26-40(56-6)42(32)58-46/h7-26H,27-28H2,1-6H3,(H,51,52)/q+1. The summed E-state index contributed by atoms with van der Waals surface area (Å²) in [5.41, 5.74) is 4.64. The highest BCUT2D eigenvalue weighted by molar-refractivity contribution is 5.77. The van der Waals surface area contributed by atoms with Gasteiger partial charge in [-0.2, -0.15) is 0 Å². The van der Waals surface area contributed by atoms with E-state index in [9.17, 15) is 20.2 Å². The number of fused-ring (bicyclic) bond motifs is 4. The number of para-hydroxylation sites is 2. The van der Waals surface area contributed by atoms with Crippen molar-refractivity contribution in [3.63, 3.8) is 0 Å². The van der Waals surface area contributed by atoms with Gasteiger partial charge in [-0.05, 0) is 86.4 Å². The molecule has 0 saturated heterocycles. The summed E-state index contributed by atoms with van der Waals surface area (Å²) in [5, 5.41) is 21.4. The number of benzene rings is 5. The minimum Gasteiger partial charge on any atom is -0.493 e. The van der Waals surface area contributed by atoms with Crippen LogP contribution in [0.1, 0.15) is 61.1 Å². The van der Waals surface area contributed by atoms with Crippen LogP contribution in [0.15, 0.2) is 109 Å². The van der Waals surface area contributed by atoms with Crippen LogP contribution in [0.5, 0.6) is 23.0 Å². The lowest BCUT2D eigenvalue weighted by Crippen LogP contribution is -2.59. The van der Waals surface area contributed by atoms with Crippen LogP contribution in [0.4, 0.5) is 22.7 Å². The molecule has 0 bridgehead atoms. The second kappa shape index (κ2) is 12.9. The summed E-state index contributed by atoms with van der Waals surface area (Å²) >= 11 is 0. The van der Waals surface area contributed by atoms with Crippen molar-refractivity contribution in [2.45, 2.75) is 63.1 Å². The Hall–Kier alpha value is -6.82. The fourth-order valence-electron chi connectivity index (χ4n) is 9.36. The molecular formula is C46H43N4O8+. The Balaban J connectivity index is 1.06. The summed E-state index contributed by atoms with van der Waals surface area (Å²) < 4.78 is 25.4. The third kappa shape index (κ3) is 5.13. The molecule has 0 fully saturated rings. The van der Waals surface area contributed by atoms with Gasteiger partial charge in [0.1, 0.15) is 0 Å². The Labute approximate surface area is 335 Å². The number of hydrogen-bond acceptors (Lipinski definition) is 9. The van der Waals surface area contributed by atoms with Crippen LogP contribution in [-0.2, 0) is 23.9 Å². The van der Waals surface area contributed by atoms with Crippen molar-refractivity contribution in [2.24, 2.45) is 0 Å². The molecule has 0 radical (unpaired) electrons. The maximum absolute atomic E-state index is 11.8. The molecule has 1 N–H and O–H groups in total. The van der Waals surface area contributed by atoms with Gasteiger partial charge in [0.05, 0.1) is 47.0 Å². The van der Waals surface area contributed by atoms with Crippen molar-refractivity contribution in [1.29, 1.82) is 0 Å². The quantitative estimate of drug-likeness (QED) is 0.120. The number of nitrogens with zero attached hydrogens (tertiary/aromatic N) is 4. The van der Waals surface area contributed by atoms with Gasteiger partial charge in [-0.25, -0.2) is 5.21 Å². The van der Waals surface area contributed by atoms with Crippen LogP contribution < -0.4 is 28.7 Å². The van der Waals surface area contributed by atoms with Crippen LogP contribution in [0.25, 0.3) is 12.2 Å². The molecule has 5 aromatic rings. The average Bonchev–Trinajstić information content (AvgIpc) is 3.51. The van der Waals surface area contributed by atoms with Gasteiger partial charge in [0, 0.05) is 47.7 Å². The van der Waals surface area contributed by atoms with Gasteiger partial charge in [-0.1, -0.05) is 60.7 Å². The van der Waals surface area contributed by atoms with E-state index >= 15 is 0 Å². The molecule has 5 aromatic carbocycles. The molecule has 12 nitrogen and oxygen atoms in total. The number of nitro benzene ring substituents is 1. The van der Waals surface area contributed by atoms with E-state index in [4.69, 9.17) is 18.9 Å². The van der Waals surface area contributed by atoms with E-state index in [1.807, 2.05) is 48.6 Å². The smallest absolute Gasteiger partial charge is 0.321 e. The Morgan fingerprint density at radius 1 is 0.638 bits per heavy atom. The minimum absolute atomic E-state index is 0.0412. The van der Waals surface area contributed by atoms with Crippen molar-refractivity contribution in [2.75, 3.05) is 24.0 Å². The molecule has 0 amide bonds. The zero-order valence-electron chi connectivity index (χ0n) is 33.1. The average molecular weight is 780 g/mol. The lowest BCUT2D eigenvalue weighted by molar-refractivity contribution is -0.729. The Bertz CT molecular complexity index is 2420. The monoisotopic (exact) mass is 779 g/mol. The molecule has 294 valence electrons. The molecule has 58 heavy (non-hydrogen) atoms. The van der Waals surface area contributed by atoms with Crippen LogP contribution in [0.3, 0.4) is 0 Å². The minimum atomic E-state index is -0.977.